The lowest BCUT2D eigenvalue weighted by molar-refractivity contribution is -0.130. The van der Waals surface area contributed by atoms with Crippen LogP contribution in [0.4, 0.5) is 0 Å². The summed E-state index contributed by atoms with van der Waals surface area (Å²) in [5.74, 6) is 1.09. The van der Waals surface area contributed by atoms with Crippen molar-refractivity contribution in [3.8, 4) is 0 Å². The largest absolute Gasteiger partial charge is 0.342 e. The molecule has 0 radical (unpaired) electrons. The van der Waals surface area contributed by atoms with Gasteiger partial charge in [-0.3, -0.25) is 4.79 Å². The zero-order valence-electron chi connectivity index (χ0n) is 14.5. The Hall–Kier alpha value is -1.35. The van der Waals surface area contributed by atoms with E-state index in [2.05, 4.69) is 34.9 Å². The van der Waals surface area contributed by atoms with E-state index in [4.69, 9.17) is 0 Å². The predicted octanol–water partition coefficient (Wildman–Crippen LogP) is 3.26. The second-order valence-electron chi connectivity index (χ2n) is 7.35. The highest BCUT2D eigenvalue weighted by Gasteiger charge is 2.23. The lowest BCUT2D eigenvalue weighted by Gasteiger charge is -2.23. The molecule has 126 valence electrons. The van der Waals surface area contributed by atoms with E-state index >= 15 is 0 Å². The highest BCUT2D eigenvalue weighted by Crippen LogP contribution is 2.21. The van der Waals surface area contributed by atoms with Gasteiger partial charge < -0.3 is 9.80 Å². The summed E-state index contributed by atoms with van der Waals surface area (Å²) in [6, 6.07) is 8.33. The van der Waals surface area contributed by atoms with E-state index in [-0.39, 0.29) is 0 Å². The van der Waals surface area contributed by atoms with Crippen LogP contribution in [0, 0.1) is 12.8 Å². The fraction of sp³-hybridized carbons (Fsp3) is 0.650. The monoisotopic (exact) mass is 314 g/mol. The van der Waals surface area contributed by atoms with Crippen molar-refractivity contribution in [3.63, 3.8) is 0 Å². The number of amides is 1. The second kappa shape index (κ2) is 7.96. The molecule has 23 heavy (non-hydrogen) atoms. The molecule has 3 heteroatoms. The number of nitrogens with zero attached hydrogens (tertiary/aromatic N) is 2. The lowest BCUT2D eigenvalue weighted by atomic mass is 10.0. The third kappa shape index (κ3) is 4.81. The van der Waals surface area contributed by atoms with Crippen LogP contribution in [-0.4, -0.2) is 48.4 Å². The maximum Gasteiger partial charge on any atom is 0.226 e. The number of benzene rings is 1. The molecule has 2 saturated heterocycles. The van der Waals surface area contributed by atoms with Crippen molar-refractivity contribution >= 4 is 5.91 Å². The zero-order chi connectivity index (χ0) is 16.1. The number of carbonyl (C=O) groups excluding carboxylic acids is 1. The highest BCUT2D eigenvalue weighted by molar-refractivity contribution is 5.78. The van der Waals surface area contributed by atoms with Crippen LogP contribution in [0.3, 0.4) is 0 Å². The Kier molecular flexibility index (Phi) is 5.71. The van der Waals surface area contributed by atoms with Gasteiger partial charge in [-0.05, 0) is 63.6 Å². The molecule has 2 heterocycles. The zero-order valence-corrected chi connectivity index (χ0v) is 14.5. The van der Waals surface area contributed by atoms with Crippen LogP contribution >= 0.6 is 0 Å². The maximum absolute atomic E-state index is 12.6. The van der Waals surface area contributed by atoms with Crippen molar-refractivity contribution < 1.29 is 4.79 Å². The van der Waals surface area contributed by atoms with Gasteiger partial charge in [-0.25, -0.2) is 0 Å². The SMILES string of the molecule is Cc1cccc(CC(=O)N2CCCC(CN3CCCC3)CC2)c1. The van der Waals surface area contributed by atoms with Crippen LogP contribution in [0.15, 0.2) is 24.3 Å². The molecule has 3 nitrogen and oxygen atoms in total. The van der Waals surface area contributed by atoms with Gasteiger partial charge in [0, 0.05) is 19.6 Å². The average Bonchev–Trinajstić information content (AvgIpc) is 2.91. The van der Waals surface area contributed by atoms with Crippen molar-refractivity contribution in [2.45, 2.75) is 45.4 Å². The van der Waals surface area contributed by atoms with Gasteiger partial charge in [-0.1, -0.05) is 29.8 Å². The van der Waals surface area contributed by atoms with Gasteiger partial charge in [0.05, 0.1) is 6.42 Å². The number of carbonyl (C=O) groups is 1. The molecule has 0 aliphatic carbocycles. The smallest absolute Gasteiger partial charge is 0.226 e. The van der Waals surface area contributed by atoms with Crippen LogP contribution in [0.25, 0.3) is 0 Å². The molecular weight excluding hydrogens is 284 g/mol. The van der Waals surface area contributed by atoms with Gasteiger partial charge in [0.2, 0.25) is 5.91 Å². The third-order valence-corrected chi connectivity index (χ3v) is 5.35. The summed E-state index contributed by atoms with van der Waals surface area (Å²) in [7, 11) is 0. The molecule has 3 rings (SSSR count). The first kappa shape index (κ1) is 16.5. The maximum atomic E-state index is 12.6. The van der Waals surface area contributed by atoms with Crippen LogP contribution in [0.5, 0.6) is 0 Å². The van der Waals surface area contributed by atoms with Gasteiger partial charge in [-0.2, -0.15) is 0 Å². The molecule has 1 unspecified atom stereocenters. The molecule has 1 amide bonds. The summed E-state index contributed by atoms with van der Waals surface area (Å²) in [6.07, 6.45) is 6.92. The molecule has 0 bridgehead atoms. The molecule has 1 atom stereocenters. The minimum absolute atomic E-state index is 0.303. The van der Waals surface area contributed by atoms with Gasteiger partial charge in [0.15, 0.2) is 0 Å². The van der Waals surface area contributed by atoms with Gasteiger partial charge >= 0.3 is 0 Å². The Bertz CT molecular complexity index is 522. The molecular formula is C20H30N2O. The summed E-state index contributed by atoms with van der Waals surface area (Å²) in [5, 5.41) is 0. The van der Waals surface area contributed by atoms with Crippen molar-refractivity contribution in [2.24, 2.45) is 5.92 Å². The minimum Gasteiger partial charge on any atom is -0.342 e. The molecule has 0 aromatic heterocycles. The molecule has 2 aliphatic rings. The Morgan fingerprint density at radius 3 is 2.70 bits per heavy atom. The van der Waals surface area contributed by atoms with E-state index in [1.807, 2.05) is 6.07 Å². The Morgan fingerprint density at radius 1 is 1.09 bits per heavy atom. The molecule has 0 saturated carbocycles. The predicted molar refractivity (Wildman–Crippen MR) is 94.5 cm³/mol. The van der Waals surface area contributed by atoms with E-state index in [9.17, 15) is 4.79 Å². The Labute approximate surface area is 140 Å². The molecule has 1 aromatic carbocycles. The van der Waals surface area contributed by atoms with Crippen LogP contribution < -0.4 is 0 Å². The average molecular weight is 314 g/mol. The van der Waals surface area contributed by atoms with E-state index in [1.165, 1.54) is 50.9 Å². The summed E-state index contributed by atoms with van der Waals surface area (Å²) in [6.45, 7) is 7.80. The highest BCUT2D eigenvalue weighted by atomic mass is 16.2. The third-order valence-electron chi connectivity index (χ3n) is 5.35. The normalized spacial score (nSPS) is 23.0. The fourth-order valence-corrected chi connectivity index (χ4v) is 4.04. The molecule has 2 aliphatic heterocycles. The number of hydrogen-bond donors (Lipinski definition) is 0. The lowest BCUT2D eigenvalue weighted by Crippen LogP contribution is -2.33. The standard InChI is InChI=1S/C20H30N2O/c1-17-6-4-7-19(14-17)15-20(23)22-12-5-8-18(9-13-22)16-21-10-2-3-11-21/h4,6-7,14,18H,2-3,5,8-13,15-16H2,1H3. The quantitative estimate of drug-likeness (QED) is 0.851. The first-order chi connectivity index (χ1) is 11.2. The number of rotatable bonds is 4. The van der Waals surface area contributed by atoms with Crippen molar-refractivity contribution in [2.75, 3.05) is 32.7 Å². The van der Waals surface area contributed by atoms with E-state index < -0.39 is 0 Å². The topological polar surface area (TPSA) is 23.6 Å². The van der Waals surface area contributed by atoms with Gasteiger partial charge in [-0.15, -0.1) is 0 Å². The first-order valence-electron chi connectivity index (χ1n) is 9.26. The van der Waals surface area contributed by atoms with Crippen LogP contribution in [0.2, 0.25) is 0 Å². The van der Waals surface area contributed by atoms with Crippen molar-refractivity contribution in [1.29, 1.82) is 0 Å². The summed E-state index contributed by atoms with van der Waals surface area (Å²) in [5.41, 5.74) is 2.38. The van der Waals surface area contributed by atoms with Crippen molar-refractivity contribution in [1.82, 2.24) is 9.80 Å². The van der Waals surface area contributed by atoms with Gasteiger partial charge in [0.1, 0.15) is 0 Å². The molecule has 0 spiro atoms. The van der Waals surface area contributed by atoms with E-state index in [1.54, 1.807) is 0 Å². The summed E-state index contributed by atoms with van der Waals surface area (Å²) < 4.78 is 0. The second-order valence-corrected chi connectivity index (χ2v) is 7.35. The molecule has 1 aromatic rings. The first-order valence-corrected chi connectivity index (χ1v) is 9.26. The number of hydrogen-bond acceptors (Lipinski definition) is 2. The van der Waals surface area contributed by atoms with E-state index in [0.717, 1.165) is 31.0 Å². The number of aryl methyl sites for hydroxylation is 1. The molecule has 0 N–H and O–H groups in total. The Balaban J connectivity index is 1.49. The summed E-state index contributed by atoms with van der Waals surface area (Å²) >= 11 is 0. The van der Waals surface area contributed by atoms with E-state index in [0.29, 0.717) is 12.3 Å². The van der Waals surface area contributed by atoms with Gasteiger partial charge in [0.25, 0.3) is 0 Å². The van der Waals surface area contributed by atoms with Crippen LogP contribution in [0.1, 0.15) is 43.2 Å². The summed E-state index contributed by atoms with van der Waals surface area (Å²) in [4.78, 5) is 17.3. The molecule has 2 fully saturated rings. The van der Waals surface area contributed by atoms with Crippen LogP contribution in [-0.2, 0) is 11.2 Å². The fourth-order valence-electron chi connectivity index (χ4n) is 4.04. The number of likely N-dealkylation sites (tertiary alicyclic amines) is 2. The van der Waals surface area contributed by atoms with Crippen molar-refractivity contribution in [3.05, 3.63) is 35.4 Å². The Morgan fingerprint density at radius 2 is 1.91 bits per heavy atom. The minimum atomic E-state index is 0.303.